The summed E-state index contributed by atoms with van der Waals surface area (Å²) in [6.45, 7) is 14.1. The van der Waals surface area contributed by atoms with Gasteiger partial charge in [0.15, 0.2) is 0 Å². The molecule has 0 amide bonds. The van der Waals surface area contributed by atoms with E-state index in [1.54, 1.807) is 0 Å². The van der Waals surface area contributed by atoms with Gasteiger partial charge in [-0.25, -0.2) is 0 Å². The van der Waals surface area contributed by atoms with E-state index < -0.39 is 0 Å². The van der Waals surface area contributed by atoms with Gasteiger partial charge in [0, 0.05) is 13.2 Å². The third-order valence-corrected chi connectivity index (χ3v) is 2.74. The summed E-state index contributed by atoms with van der Waals surface area (Å²) in [4.78, 5) is 0. The Hall–Kier alpha value is -0.0800. The van der Waals surface area contributed by atoms with Crippen LogP contribution in [0.4, 0.5) is 0 Å². The molecule has 0 aliphatic heterocycles. The molecule has 2 nitrogen and oxygen atoms in total. The average Bonchev–Trinajstić information content (AvgIpc) is 2.08. The minimum atomic E-state index is 0.365. The van der Waals surface area contributed by atoms with Crippen LogP contribution in [0, 0.1) is 17.3 Å². The predicted octanol–water partition coefficient (Wildman–Crippen LogP) is 2.93. The maximum absolute atomic E-state index is 5.64. The second kappa shape index (κ2) is 7.24. The lowest BCUT2D eigenvalue weighted by Gasteiger charge is -2.30. The molecule has 0 fully saturated rings. The highest BCUT2D eigenvalue weighted by Gasteiger charge is 2.23. The monoisotopic (exact) mass is 215 g/mol. The molecule has 0 saturated heterocycles. The topological polar surface area (TPSA) is 21.3 Å². The van der Waals surface area contributed by atoms with Crippen LogP contribution in [0.5, 0.6) is 0 Å². The van der Waals surface area contributed by atoms with Crippen LogP contribution in [0.1, 0.15) is 41.0 Å². The smallest absolute Gasteiger partial charge is 0.0488 e. The van der Waals surface area contributed by atoms with Gasteiger partial charge in [-0.15, -0.1) is 0 Å². The molecule has 0 saturated carbocycles. The second-order valence-corrected chi connectivity index (χ2v) is 5.88. The first kappa shape index (κ1) is 14.9. The minimum Gasteiger partial charge on any atom is -0.381 e. The maximum atomic E-state index is 5.64. The molecule has 0 radical (unpaired) electrons. The number of ether oxygens (including phenoxy) is 1. The Morgan fingerprint density at radius 1 is 1.20 bits per heavy atom. The van der Waals surface area contributed by atoms with Crippen LogP contribution in [0.15, 0.2) is 0 Å². The number of rotatable bonds is 7. The summed E-state index contributed by atoms with van der Waals surface area (Å²) < 4.78 is 5.64. The summed E-state index contributed by atoms with van der Waals surface area (Å²) >= 11 is 0. The van der Waals surface area contributed by atoms with Crippen LogP contribution in [0.3, 0.4) is 0 Å². The Morgan fingerprint density at radius 3 is 2.20 bits per heavy atom. The number of hydrogen-bond acceptors (Lipinski definition) is 2. The Morgan fingerprint density at radius 2 is 1.80 bits per heavy atom. The molecule has 0 rings (SSSR count). The second-order valence-electron chi connectivity index (χ2n) is 5.88. The molecule has 1 unspecified atom stereocenters. The molecule has 0 heterocycles. The summed E-state index contributed by atoms with van der Waals surface area (Å²) in [5, 5.41) is 3.27. The molecule has 0 spiro atoms. The predicted molar refractivity (Wildman–Crippen MR) is 67.1 cm³/mol. The van der Waals surface area contributed by atoms with Gasteiger partial charge in [0.25, 0.3) is 0 Å². The zero-order valence-electron chi connectivity index (χ0n) is 11.4. The average molecular weight is 215 g/mol. The molecule has 0 aromatic rings. The lowest BCUT2D eigenvalue weighted by molar-refractivity contribution is 0.0804. The van der Waals surface area contributed by atoms with Gasteiger partial charge in [-0.3, -0.25) is 0 Å². The van der Waals surface area contributed by atoms with Gasteiger partial charge < -0.3 is 10.1 Å². The van der Waals surface area contributed by atoms with Crippen molar-refractivity contribution in [2.45, 2.75) is 41.0 Å². The van der Waals surface area contributed by atoms with Crippen molar-refractivity contribution >= 4 is 0 Å². The molecular weight excluding hydrogens is 186 g/mol. The van der Waals surface area contributed by atoms with E-state index in [9.17, 15) is 0 Å². The highest BCUT2D eigenvalue weighted by molar-refractivity contribution is 4.75. The van der Waals surface area contributed by atoms with Crippen LogP contribution in [0.2, 0.25) is 0 Å². The van der Waals surface area contributed by atoms with Crippen LogP contribution in [-0.4, -0.2) is 26.8 Å². The van der Waals surface area contributed by atoms with Crippen molar-refractivity contribution in [2.75, 3.05) is 26.8 Å². The molecule has 0 aromatic heterocycles. The summed E-state index contributed by atoms with van der Waals surface area (Å²) in [5.41, 5.74) is 0.365. The first-order chi connectivity index (χ1) is 6.88. The van der Waals surface area contributed by atoms with Gasteiger partial charge in [-0.1, -0.05) is 34.6 Å². The van der Waals surface area contributed by atoms with E-state index in [2.05, 4.69) is 39.9 Å². The highest BCUT2D eigenvalue weighted by atomic mass is 16.5. The minimum absolute atomic E-state index is 0.365. The van der Waals surface area contributed by atoms with Crippen molar-refractivity contribution in [1.29, 1.82) is 0 Å². The van der Waals surface area contributed by atoms with Crippen molar-refractivity contribution in [2.24, 2.45) is 17.3 Å². The van der Waals surface area contributed by atoms with E-state index in [4.69, 9.17) is 4.74 Å². The van der Waals surface area contributed by atoms with E-state index in [1.807, 2.05) is 7.05 Å². The molecule has 0 bridgehead atoms. The van der Waals surface area contributed by atoms with Gasteiger partial charge in [-0.05, 0) is 37.3 Å². The fourth-order valence-corrected chi connectivity index (χ4v) is 1.63. The zero-order valence-corrected chi connectivity index (χ0v) is 11.4. The fourth-order valence-electron chi connectivity index (χ4n) is 1.63. The quantitative estimate of drug-likeness (QED) is 0.659. The molecule has 15 heavy (non-hydrogen) atoms. The highest BCUT2D eigenvalue weighted by Crippen LogP contribution is 2.28. The van der Waals surface area contributed by atoms with Crippen LogP contribution >= 0.6 is 0 Å². The first-order valence-electron chi connectivity index (χ1n) is 6.10. The standard InChI is InChI=1S/C13H29NO/c1-11(2)10-15-8-7-12(9-14-6)13(3,4)5/h11-12,14H,7-10H2,1-6H3. The summed E-state index contributed by atoms with van der Waals surface area (Å²) in [7, 11) is 2.02. The van der Waals surface area contributed by atoms with Gasteiger partial charge in [0.05, 0.1) is 0 Å². The Labute approximate surface area is 95.8 Å². The van der Waals surface area contributed by atoms with Crippen molar-refractivity contribution in [3.63, 3.8) is 0 Å². The van der Waals surface area contributed by atoms with Crippen molar-refractivity contribution in [3.05, 3.63) is 0 Å². The lowest BCUT2D eigenvalue weighted by atomic mass is 9.79. The normalized spacial score (nSPS) is 14.6. The van der Waals surface area contributed by atoms with Gasteiger partial charge in [-0.2, -0.15) is 0 Å². The lowest BCUT2D eigenvalue weighted by Crippen LogP contribution is -2.31. The van der Waals surface area contributed by atoms with Gasteiger partial charge in [0.2, 0.25) is 0 Å². The van der Waals surface area contributed by atoms with E-state index in [0.29, 0.717) is 17.3 Å². The van der Waals surface area contributed by atoms with E-state index in [0.717, 1.165) is 26.2 Å². The van der Waals surface area contributed by atoms with Gasteiger partial charge >= 0.3 is 0 Å². The number of hydrogen-bond donors (Lipinski definition) is 1. The summed E-state index contributed by atoms with van der Waals surface area (Å²) in [6.07, 6.45) is 1.15. The summed E-state index contributed by atoms with van der Waals surface area (Å²) in [6, 6.07) is 0. The molecule has 0 aromatic carbocycles. The molecule has 2 heteroatoms. The van der Waals surface area contributed by atoms with Gasteiger partial charge in [0.1, 0.15) is 0 Å². The fraction of sp³-hybridized carbons (Fsp3) is 1.00. The third-order valence-electron chi connectivity index (χ3n) is 2.74. The first-order valence-corrected chi connectivity index (χ1v) is 6.10. The van der Waals surface area contributed by atoms with Crippen LogP contribution in [-0.2, 0) is 4.74 Å². The zero-order chi connectivity index (χ0) is 11.9. The Kier molecular flexibility index (Phi) is 7.20. The van der Waals surface area contributed by atoms with Crippen LogP contribution < -0.4 is 5.32 Å². The van der Waals surface area contributed by atoms with Crippen molar-refractivity contribution in [3.8, 4) is 0 Å². The molecule has 92 valence electrons. The Balaban J connectivity index is 3.77. The number of nitrogens with one attached hydrogen (secondary N) is 1. The largest absolute Gasteiger partial charge is 0.381 e. The summed E-state index contributed by atoms with van der Waals surface area (Å²) in [5.74, 6) is 1.33. The molecule has 0 aliphatic rings. The Bertz CT molecular complexity index is 149. The van der Waals surface area contributed by atoms with Crippen LogP contribution in [0.25, 0.3) is 0 Å². The van der Waals surface area contributed by atoms with E-state index in [1.165, 1.54) is 0 Å². The van der Waals surface area contributed by atoms with Crippen molar-refractivity contribution < 1.29 is 4.74 Å². The molecular formula is C13H29NO. The van der Waals surface area contributed by atoms with E-state index in [-0.39, 0.29) is 0 Å². The molecule has 0 aliphatic carbocycles. The SMILES string of the molecule is CNCC(CCOCC(C)C)C(C)(C)C. The molecule has 1 N–H and O–H groups in total. The maximum Gasteiger partial charge on any atom is 0.0488 e. The third kappa shape index (κ3) is 7.80. The molecule has 1 atom stereocenters. The van der Waals surface area contributed by atoms with E-state index >= 15 is 0 Å². The van der Waals surface area contributed by atoms with Crippen molar-refractivity contribution in [1.82, 2.24) is 5.32 Å².